The van der Waals surface area contributed by atoms with Gasteiger partial charge in [0.2, 0.25) is 0 Å². The predicted octanol–water partition coefficient (Wildman–Crippen LogP) is 2.54. The molecule has 0 bridgehead atoms. The van der Waals surface area contributed by atoms with E-state index in [1.807, 2.05) is 12.1 Å². The van der Waals surface area contributed by atoms with E-state index in [0.29, 0.717) is 11.7 Å². The topological polar surface area (TPSA) is 42.2 Å². The van der Waals surface area contributed by atoms with Crippen LogP contribution in [0.2, 0.25) is 5.15 Å². The summed E-state index contributed by atoms with van der Waals surface area (Å²) in [5.74, 6) is 0. The Morgan fingerprint density at radius 2 is 2.18 bits per heavy atom. The summed E-state index contributed by atoms with van der Waals surface area (Å²) in [4.78, 5) is 6.44. The van der Waals surface area contributed by atoms with Gasteiger partial charge in [0.1, 0.15) is 5.15 Å². The van der Waals surface area contributed by atoms with E-state index in [1.54, 1.807) is 6.20 Å². The minimum Gasteiger partial charge on any atom is -0.330 e. The number of nitrogens with two attached hydrogens (primary N) is 1. The molecule has 0 aliphatic carbocycles. The van der Waals surface area contributed by atoms with Crippen LogP contribution >= 0.6 is 11.6 Å². The van der Waals surface area contributed by atoms with Gasteiger partial charge in [-0.2, -0.15) is 0 Å². The molecule has 0 radical (unpaired) electrons. The van der Waals surface area contributed by atoms with Gasteiger partial charge in [-0.1, -0.05) is 38.4 Å². The number of pyridine rings is 1. The Morgan fingerprint density at radius 3 is 2.71 bits per heavy atom. The summed E-state index contributed by atoms with van der Waals surface area (Å²) in [5, 5.41) is 0.594. The Balaban J connectivity index is 2.68. The molecule has 2 N–H and O–H groups in total. The molecule has 0 aromatic carbocycles. The summed E-state index contributed by atoms with van der Waals surface area (Å²) in [6.45, 7) is 9.97. The molecule has 1 aromatic heterocycles. The zero-order chi connectivity index (χ0) is 12.9. The molecule has 1 heterocycles. The van der Waals surface area contributed by atoms with Gasteiger partial charge in [-0.3, -0.25) is 4.90 Å². The van der Waals surface area contributed by atoms with Crippen LogP contribution in [0.15, 0.2) is 18.3 Å². The second-order valence-electron chi connectivity index (χ2n) is 5.12. The maximum Gasteiger partial charge on any atom is 0.133 e. The van der Waals surface area contributed by atoms with Crippen LogP contribution in [0.25, 0.3) is 0 Å². The Kier molecular flexibility index (Phi) is 5.37. The molecule has 0 atom stereocenters. The smallest absolute Gasteiger partial charge is 0.133 e. The van der Waals surface area contributed by atoms with Crippen molar-refractivity contribution in [3.8, 4) is 0 Å². The lowest BCUT2D eigenvalue weighted by molar-refractivity contribution is 0.183. The summed E-state index contributed by atoms with van der Waals surface area (Å²) in [6.07, 6.45) is 1.71. The van der Waals surface area contributed by atoms with Crippen molar-refractivity contribution in [1.82, 2.24) is 9.88 Å². The molecule has 0 unspecified atom stereocenters. The van der Waals surface area contributed by atoms with Gasteiger partial charge in [-0.05, 0) is 24.6 Å². The summed E-state index contributed by atoms with van der Waals surface area (Å²) < 4.78 is 0. The number of hydrogen-bond donors (Lipinski definition) is 1. The largest absolute Gasteiger partial charge is 0.330 e. The van der Waals surface area contributed by atoms with Crippen LogP contribution in [0.4, 0.5) is 0 Å². The lowest BCUT2D eigenvalue weighted by Crippen LogP contribution is -2.38. The Bertz CT molecular complexity index is 352. The molecule has 0 amide bonds. The van der Waals surface area contributed by atoms with E-state index in [-0.39, 0.29) is 5.41 Å². The van der Waals surface area contributed by atoms with E-state index in [0.717, 1.165) is 25.2 Å². The van der Waals surface area contributed by atoms with Gasteiger partial charge in [0.25, 0.3) is 0 Å². The zero-order valence-corrected chi connectivity index (χ0v) is 11.7. The third-order valence-corrected chi connectivity index (χ3v) is 3.22. The van der Waals surface area contributed by atoms with Crippen LogP contribution < -0.4 is 5.73 Å². The first-order valence-corrected chi connectivity index (χ1v) is 6.38. The van der Waals surface area contributed by atoms with Gasteiger partial charge >= 0.3 is 0 Å². The minimum absolute atomic E-state index is 0.130. The van der Waals surface area contributed by atoms with E-state index < -0.39 is 0 Å². The van der Waals surface area contributed by atoms with Gasteiger partial charge in [-0.25, -0.2) is 4.98 Å². The van der Waals surface area contributed by atoms with Crippen LogP contribution in [0.3, 0.4) is 0 Å². The fourth-order valence-corrected chi connectivity index (χ4v) is 1.91. The highest BCUT2D eigenvalue weighted by Crippen LogP contribution is 2.19. The summed E-state index contributed by atoms with van der Waals surface area (Å²) in [5.41, 5.74) is 6.97. The highest BCUT2D eigenvalue weighted by molar-refractivity contribution is 6.30. The maximum atomic E-state index is 6.07. The molecule has 1 aromatic rings. The van der Waals surface area contributed by atoms with Crippen LogP contribution in [-0.2, 0) is 6.54 Å². The normalized spacial score (nSPS) is 12.1. The number of aromatic nitrogens is 1. The summed E-state index contributed by atoms with van der Waals surface area (Å²) >= 11 is 6.07. The molecular weight excluding hydrogens is 234 g/mol. The van der Waals surface area contributed by atoms with Gasteiger partial charge in [-0.15, -0.1) is 0 Å². The Morgan fingerprint density at radius 1 is 1.47 bits per heavy atom. The van der Waals surface area contributed by atoms with Gasteiger partial charge in [0.15, 0.2) is 0 Å². The van der Waals surface area contributed by atoms with Crippen LogP contribution in [0, 0.1) is 5.41 Å². The van der Waals surface area contributed by atoms with Crippen molar-refractivity contribution >= 4 is 11.6 Å². The molecular formula is C13H22ClN3. The second-order valence-corrected chi connectivity index (χ2v) is 5.48. The quantitative estimate of drug-likeness (QED) is 0.795. The average molecular weight is 256 g/mol. The molecule has 0 saturated heterocycles. The predicted molar refractivity (Wildman–Crippen MR) is 73.0 cm³/mol. The highest BCUT2D eigenvalue weighted by atomic mass is 35.5. The van der Waals surface area contributed by atoms with Crippen molar-refractivity contribution in [1.29, 1.82) is 0 Å². The van der Waals surface area contributed by atoms with Crippen LogP contribution in [0.1, 0.15) is 26.3 Å². The lowest BCUT2D eigenvalue weighted by Gasteiger charge is -2.31. The van der Waals surface area contributed by atoms with Crippen molar-refractivity contribution in [2.45, 2.75) is 27.3 Å². The van der Waals surface area contributed by atoms with Crippen LogP contribution in [-0.4, -0.2) is 29.5 Å². The SMILES string of the molecule is CCN(Cc1cccnc1Cl)CC(C)(C)CN. The third kappa shape index (κ3) is 4.62. The van der Waals surface area contributed by atoms with E-state index in [4.69, 9.17) is 17.3 Å². The van der Waals surface area contributed by atoms with Crippen molar-refractivity contribution in [3.05, 3.63) is 29.0 Å². The molecule has 17 heavy (non-hydrogen) atoms. The van der Waals surface area contributed by atoms with Crippen molar-refractivity contribution < 1.29 is 0 Å². The molecule has 0 spiro atoms. The second kappa shape index (κ2) is 6.34. The maximum absolute atomic E-state index is 6.07. The molecule has 0 aliphatic heterocycles. The minimum atomic E-state index is 0.130. The van der Waals surface area contributed by atoms with Crippen LogP contribution in [0.5, 0.6) is 0 Å². The molecule has 3 nitrogen and oxygen atoms in total. The fourth-order valence-electron chi connectivity index (χ4n) is 1.73. The molecule has 1 rings (SSSR count). The molecule has 0 fully saturated rings. The molecule has 0 saturated carbocycles. The van der Waals surface area contributed by atoms with Gasteiger partial charge in [0, 0.05) is 24.8 Å². The van der Waals surface area contributed by atoms with Crippen molar-refractivity contribution in [3.63, 3.8) is 0 Å². The van der Waals surface area contributed by atoms with Gasteiger partial charge < -0.3 is 5.73 Å². The first-order valence-electron chi connectivity index (χ1n) is 6.00. The number of rotatable bonds is 6. The zero-order valence-electron chi connectivity index (χ0n) is 10.9. The van der Waals surface area contributed by atoms with Gasteiger partial charge in [0.05, 0.1) is 0 Å². The summed E-state index contributed by atoms with van der Waals surface area (Å²) in [6, 6.07) is 3.94. The standard InChI is InChI=1S/C13H22ClN3/c1-4-17(10-13(2,3)9-15)8-11-6-5-7-16-12(11)14/h5-7H,4,8-10,15H2,1-3H3. The van der Waals surface area contributed by atoms with E-state index in [1.165, 1.54) is 0 Å². The number of nitrogens with zero attached hydrogens (tertiary/aromatic N) is 2. The van der Waals surface area contributed by atoms with E-state index in [9.17, 15) is 0 Å². The Hall–Kier alpha value is -0.640. The monoisotopic (exact) mass is 255 g/mol. The van der Waals surface area contributed by atoms with E-state index >= 15 is 0 Å². The number of hydrogen-bond acceptors (Lipinski definition) is 3. The first kappa shape index (κ1) is 14.4. The van der Waals surface area contributed by atoms with Crippen molar-refractivity contribution in [2.75, 3.05) is 19.6 Å². The summed E-state index contributed by atoms with van der Waals surface area (Å²) in [7, 11) is 0. The van der Waals surface area contributed by atoms with Crippen molar-refractivity contribution in [2.24, 2.45) is 11.1 Å². The lowest BCUT2D eigenvalue weighted by atomic mass is 9.93. The van der Waals surface area contributed by atoms with E-state index in [2.05, 4.69) is 30.7 Å². The fraction of sp³-hybridized carbons (Fsp3) is 0.615. The first-order chi connectivity index (χ1) is 7.98. The third-order valence-electron chi connectivity index (χ3n) is 2.88. The Labute approximate surface area is 109 Å². The number of halogens is 1. The highest BCUT2D eigenvalue weighted by Gasteiger charge is 2.19. The molecule has 96 valence electrons. The molecule has 4 heteroatoms. The molecule has 0 aliphatic rings. The average Bonchev–Trinajstić information content (AvgIpc) is 2.31.